The normalized spacial score (nSPS) is 11.9. The molecule has 0 saturated carbocycles. The highest BCUT2D eigenvalue weighted by Gasteiger charge is 2.21. The molecular formula is C13H19BrN4OSi. The van der Waals surface area contributed by atoms with E-state index in [0.29, 0.717) is 5.69 Å². The predicted octanol–water partition coefficient (Wildman–Crippen LogP) is 2.78. The lowest BCUT2D eigenvalue weighted by atomic mass is 10.2. The van der Waals surface area contributed by atoms with E-state index < -0.39 is 8.07 Å². The van der Waals surface area contributed by atoms with Gasteiger partial charge in [-0.2, -0.15) is 0 Å². The summed E-state index contributed by atoms with van der Waals surface area (Å²) in [5, 5.41) is 18.0. The lowest BCUT2D eigenvalue weighted by Crippen LogP contribution is -2.29. The van der Waals surface area contributed by atoms with Gasteiger partial charge < -0.3 is 5.11 Å². The lowest BCUT2D eigenvalue weighted by molar-refractivity contribution is 0.270. The fourth-order valence-electron chi connectivity index (χ4n) is 1.94. The molecule has 2 aromatic heterocycles. The Hall–Kier alpha value is -1.05. The van der Waals surface area contributed by atoms with E-state index in [4.69, 9.17) is 0 Å². The Balaban J connectivity index is 2.44. The van der Waals surface area contributed by atoms with Gasteiger partial charge in [0.05, 0.1) is 31.8 Å². The number of halogens is 1. The van der Waals surface area contributed by atoms with Crippen molar-refractivity contribution in [2.24, 2.45) is 0 Å². The minimum Gasteiger partial charge on any atom is -0.390 e. The zero-order chi connectivity index (χ0) is 14.9. The Kier molecular flexibility index (Phi) is 4.41. The highest BCUT2D eigenvalue weighted by atomic mass is 79.9. The first-order valence-electron chi connectivity index (χ1n) is 6.48. The first-order valence-corrected chi connectivity index (χ1v) is 11.0. The first kappa shape index (κ1) is 15.3. The number of hydrogen-bond acceptors (Lipinski definition) is 4. The second kappa shape index (κ2) is 5.75. The van der Waals surface area contributed by atoms with Gasteiger partial charge in [-0.25, -0.2) is 4.68 Å². The van der Waals surface area contributed by atoms with Crippen molar-refractivity contribution in [2.45, 2.75) is 39.3 Å². The van der Waals surface area contributed by atoms with Gasteiger partial charge in [0.2, 0.25) is 0 Å². The molecule has 0 aliphatic carbocycles. The number of aliphatic hydroxyl groups is 1. The van der Waals surface area contributed by atoms with Gasteiger partial charge in [-0.15, -0.1) is 5.10 Å². The molecule has 0 aliphatic rings. The molecule has 0 amide bonds. The Labute approximate surface area is 128 Å². The van der Waals surface area contributed by atoms with Crippen LogP contribution < -0.4 is 0 Å². The topological polar surface area (TPSA) is 63.8 Å². The van der Waals surface area contributed by atoms with Crippen molar-refractivity contribution in [2.75, 3.05) is 0 Å². The van der Waals surface area contributed by atoms with Gasteiger partial charge in [-0.3, -0.25) is 4.98 Å². The molecule has 0 radical (unpaired) electrons. The van der Waals surface area contributed by atoms with E-state index in [0.717, 1.165) is 27.7 Å². The van der Waals surface area contributed by atoms with Gasteiger partial charge in [-0.05, 0) is 35.0 Å². The van der Waals surface area contributed by atoms with E-state index in [1.165, 1.54) is 0 Å². The van der Waals surface area contributed by atoms with Crippen LogP contribution in [-0.2, 0) is 12.8 Å². The van der Waals surface area contributed by atoms with Crippen LogP contribution in [0.2, 0.25) is 19.6 Å². The number of nitrogens with zero attached hydrogens (tertiary/aromatic N) is 4. The quantitative estimate of drug-likeness (QED) is 0.857. The Bertz CT molecular complexity index is 621. The van der Waals surface area contributed by atoms with Crippen molar-refractivity contribution in [3.63, 3.8) is 0 Å². The van der Waals surface area contributed by atoms with E-state index in [9.17, 15) is 5.11 Å². The summed E-state index contributed by atoms with van der Waals surface area (Å²) in [7, 11) is -1.33. The second-order valence-electron chi connectivity index (χ2n) is 6.02. The van der Waals surface area contributed by atoms with Gasteiger partial charge in [-0.1, -0.05) is 24.9 Å². The Morgan fingerprint density at radius 3 is 2.55 bits per heavy atom. The minimum absolute atomic E-state index is 0.0798. The number of aliphatic hydroxyl groups excluding tert-OH is 1. The third-order valence-electron chi connectivity index (χ3n) is 2.88. The fourth-order valence-corrected chi connectivity index (χ4v) is 3.31. The summed E-state index contributed by atoms with van der Waals surface area (Å²) in [4.78, 5) is 4.50. The molecule has 5 nitrogen and oxygen atoms in total. The van der Waals surface area contributed by atoms with E-state index in [1.54, 1.807) is 0 Å². The summed E-state index contributed by atoms with van der Waals surface area (Å²) in [6, 6.07) is 3.83. The summed E-state index contributed by atoms with van der Waals surface area (Å²) < 4.78 is 2.78. The third-order valence-corrected chi connectivity index (χ3v) is 4.96. The van der Waals surface area contributed by atoms with Gasteiger partial charge >= 0.3 is 0 Å². The maximum atomic E-state index is 9.65. The van der Waals surface area contributed by atoms with Crippen LogP contribution in [-0.4, -0.2) is 33.2 Å². The van der Waals surface area contributed by atoms with E-state index in [2.05, 4.69) is 50.9 Å². The largest absolute Gasteiger partial charge is 0.390 e. The van der Waals surface area contributed by atoms with Gasteiger partial charge in [0.1, 0.15) is 5.69 Å². The molecule has 7 heteroatoms. The van der Waals surface area contributed by atoms with Crippen molar-refractivity contribution in [3.8, 4) is 11.4 Å². The molecule has 1 N–H and O–H groups in total. The SMILES string of the molecule is Cc1nc(-c2nnn(C[Si](C)(C)C)c2CO)ccc1Br. The molecule has 2 heterocycles. The monoisotopic (exact) mass is 354 g/mol. The van der Waals surface area contributed by atoms with Crippen LogP contribution in [0.1, 0.15) is 11.4 Å². The zero-order valence-electron chi connectivity index (χ0n) is 12.2. The summed E-state index contributed by atoms with van der Waals surface area (Å²) in [5.74, 6) is 0. The molecule has 2 rings (SSSR count). The molecule has 20 heavy (non-hydrogen) atoms. The Morgan fingerprint density at radius 1 is 1.30 bits per heavy atom. The smallest absolute Gasteiger partial charge is 0.137 e. The number of hydrogen-bond donors (Lipinski definition) is 1. The summed E-state index contributed by atoms with van der Waals surface area (Å²) in [6.07, 6.45) is 0.839. The average molecular weight is 355 g/mol. The van der Waals surface area contributed by atoms with Gasteiger partial charge in [0.25, 0.3) is 0 Å². The highest BCUT2D eigenvalue weighted by Crippen LogP contribution is 2.23. The molecule has 2 aromatic rings. The van der Waals surface area contributed by atoms with E-state index >= 15 is 0 Å². The van der Waals surface area contributed by atoms with Crippen LogP contribution in [0.3, 0.4) is 0 Å². The molecular weight excluding hydrogens is 336 g/mol. The molecule has 0 aliphatic heterocycles. The predicted molar refractivity (Wildman–Crippen MR) is 85.0 cm³/mol. The number of rotatable bonds is 4. The second-order valence-corrected chi connectivity index (χ2v) is 12.3. The molecule has 0 aromatic carbocycles. The summed E-state index contributed by atoms with van der Waals surface area (Å²) in [5.41, 5.74) is 3.05. The van der Waals surface area contributed by atoms with Crippen LogP contribution in [0.4, 0.5) is 0 Å². The van der Waals surface area contributed by atoms with Crippen LogP contribution in [0.5, 0.6) is 0 Å². The van der Waals surface area contributed by atoms with Gasteiger partial charge in [0, 0.05) is 10.6 Å². The van der Waals surface area contributed by atoms with E-state index in [1.807, 2.05) is 23.7 Å². The van der Waals surface area contributed by atoms with Crippen molar-refractivity contribution < 1.29 is 5.11 Å². The standard InChI is InChI=1S/C13H19BrN4OSi/c1-9-10(14)5-6-11(15-9)13-12(7-19)18(17-16-13)8-20(2,3)4/h5-6,19H,7-8H2,1-4H3. The molecule has 0 saturated heterocycles. The van der Waals surface area contributed by atoms with Gasteiger partial charge in [0.15, 0.2) is 0 Å². The van der Waals surface area contributed by atoms with Crippen molar-refractivity contribution in [1.82, 2.24) is 20.0 Å². The van der Waals surface area contributed by atoms with Crippen molar-refractivity contribution >= 4 is 24.0 Å². The molecule has 0 spiro atoms. The highest BCUT2D eigenvalue weighted by molar-refractivity contribution is 9.10. The Morgan fingerprint density at radius 2 is 2.00 bits per heavy atom. The number of aryl methyl sites for hydroxylation is 1. The summed E-state index contributed by atoms with van der Waals surface area (Å²) in [6.45, 7) is 8.63. The minimum atomic E-state index is -1.33. The third kappa shape index (κ3) is 3.34. The molecule has 0 bridgehead atoms. The summed E-state index contributed by atoms with van der Waals surface area (Å²) >= 11 is 3.43. The lowest BCUT2D eigenvalue weighted by Gasteiger charge is -2.16. The van der Waals surface area contributed by atoms with Crippen LogP contribution >= 0.6 is 15.9 Å². The molecule has 108 valence electrons. The fraction of sp³-hybridized carbons (Fsp3) is 0.462. The zero-order valence-corrected chi connectivity index (χ0v) is 14.8. The van der Waals surface area contributed by atoms with Crippen LogP contribution in [0.15, 0.2) is 16.6 Å². The number of pyridine rings is 1. The number of aromatic nitrogens is 4. The van der Waals surface area contributed by atoms with Crippen molar-refractivity contribution in [3.05, 3.63) is 28.0 Å². The first-order chi connectivity index (χ1) is 9.31. The molecule has 0 atom stereocenters. The van der Waals surface area contributed by atoms with Crippen molar-refractivity contribution in [1.29, 1.82) is 0 Å². The maximum absolute atomic E-state index is 9.65. The average Bonchev–Trinajstić information content (AvgIpc) is 2.73. The van der Waals surface area contributed by atoms with Crippen LogP contribution in [0.25, 0.3) is 11.4 Å². The molecule has 0 unspecified atom stereocenters. The molecule has 0 fully saturated rings. The van der Waals surface area contributed by atoms with Crippen LogP contribution in [0, 0.1) is 6.92 Å². The van der Waals surface area contributed by atoms with E-state index in [-0.39, 0.29) is 6.61 Å². The maximum Gasteiger partial charge on any atom is 0.137 e.